The molecule has 1 saturated heterocycles. The molecule has 172 valence electrons. The van der Waals surface area contributed by atoms with E-state index in [-0.39, 0.29) is 36.0 Å². The highest BCUT2D eigenvalue weighted by atomic mass is 16.5. The first-order valence-corrected chi connectivity index (χ1v) is 11.4. The minimum absolute atomic E-state index is 0.0249. The van der Waals surface area contributed by atoms with E-state index in [0.29, 0.717) is 0 Å². The second-order valence-electron chi connectivity index (χ2n) is 9.89. The van der Waals surface area contributed by atoms with Gasteiger partial charge in [0.1, 0.15) is 5.75 Å². The van der Waals surface area contributed by atoms with Crippen LogP contribution >= 0.6 is 0 Å². The van der Waals surface area contributed by atoms with Gasteiger partial charge in [0.15, 0.2) is 0 Å². The van der Waals surface area contributed by atoms with E-state index in [9.17, 15) is 4.79 Å². The van der Waals surface area contributed by atoms with Gasteiger partial charge in [-0.3, -0.25) is 4.79 Å². The Morgan fingerprint density at radius 1 is 1.25 bits per heavy atom. The van der Waals surface area contributed by atoms with Crippen LogP contribution in [0.5, 0.6) is 5.75 Å². The molecular weight excluding hydrogens is 404 g/mol. The molecule has 32 heavy (non-hydrogen) atoms. The summed E-state index contributed by atoms with van der Waals surface area (Å²) in [6, 6.07) is 7.53. The molecule has 1 N–H and O–H groups in total. The van der Waals surface area contributed by atoms with Crippen LogP contribution in [0.25, 0.3) is 0 Å². The number of rotatable bonds is 5. The van der Waals surface area contributed by atoms with E-state index in [1.165, 1.54) is 0 Å². The summed E-state index contributed by atoms with van der Waals surface area (Å²) < 4.78 is 11.3. The maximum absolute atomic E-state index is 12.9. The molecule has 7 heteroatoms. The Morgan fingerprint density at radius 3 is 2.69 bits per heavy atom. The van der Waals surface area contributed by atoms with E-state index in [4.69, 9.17) is 14.5 Å². The zero-order chi connectivity index (χ0) is 22.9. The average Bonchev–Trinajstić information content (AvgIpc) is 2.72. The molecule has 0 saturated carbocycles. The maximum atomic E-state index is 12.9. The van der Waals surface area contributed by atoms with Crippen LogP contribution in [0.2, 0.25) is 0 Å². The van der Waals surface area contributed by atoms with E-state index in [1.807, 2.05) is 30.5 Å². The first kappa shape index (κ1) is 22.5. The molecule has 0 radical (unpaired) electrons. The Kier molecular flexibility index (Phi) is 6.38. The fraction of sp³-hybridized carbons (Fsp3) is 0.560. The van der Waals surface area contributed by atoms with E-state index in [1.54, 1.807) is 7.11 Å². The van der Waals surface area contributed by atoms with Crippen molar-refractivity contribution in [1.82, 2.24) is 15.3 Å². The molecule has 1 aliphatic heterocycles. The lowest BCUT2D eigenvalue weighted by molar-refractivity contribution is -0.121. The van der Waals surface area contributed by atoms with Crippen molar-refractivity contribution in [3.8, 4) is 5.75 Å². The van der Waals surface area contributed by atoms with Gasteiger partial charge in [-0.1, -0.05) is 32.0 Å². The monoisotopic (exact) mass is 438 g/mol. The number of carbonyl (C=O) groups is 1. The highest BCUT2D eigenvalue weighted by Gasteiger charge is 2.35. The largest absolute Gasteiger partial charge is 0.496 e. The first-order chi connectivity index (χ1) is 15.2. The van der Waals surface area contributed by atoms with Gasteiger partial charge in [0.05, 0.1) is 37.5 Å². The van der Waals surface area contributed by atoms with Crippen LogP contribution in [0.4, 0.5) is 5.95 Å². The molecule has 1 fully saturated rings. The highest BCUT2D eigenvalue weighted by molar-refractivity contribution is 5.79. The quantitative estimate of drug-likeness (QED) is 0.770. The predicted molar refractivity (Wildman–Crippen MR) is 124 cm³/mol. The number of carbonyl (C=O) groups excluding carboxylic acids is 1. The number of hydrogen-bond donors (Lipinski definition) is 1. The molecular formula is C25H34N4O3. The number of nitrogens with zero attached hydrogens (tertiary/aromatic N) is 3. The molecule has 3 atom stereocenters. The molecule has 1 aliphatic carbocycles. The van der Waals surface area contributed by atoms with Crippen molar-refractivity contribution in [2.24, 2.45) is 5.41 Å². The Hall–Kier alpha value is -2.67. The molecule has 2 aromatic rings. The summed E-state index contributed by atoms with van der Waals surface area (Å²) in [6.07, 6.45) is 4.21. The Balaban J connectivity index is 1.54. The zero-order valence-corrected chi connectivity index (χ0v) is 19.7. The van der Waals surface area contributed by atoms with Gasteiger partial charge in [0.2, 0.25) is 11.9 Å². The van der Waals surface area contributed by atoms with Gasteiger partial charge >= 0.3 is 0 Å². The minimum atomic E-state index is -0.104. The molecule has 1 aromatic carbocycles. The number of para-hydroxylation sites is 1. The number of morpholine rings is 1. The third kappa shape index (κ3) is 5.04. The third-order valence-corrected chi connectivity index (χ3v) is 6.25. The topological polar surface area (TPSA) is 76.6 Å². The van der Waals surface area contributed by atoms with Crippen molar-refractivity contribution < 1.29 is 14.3 Å². The Bertz CT molecular complexity index is 967. The number of nitrogens with one attached hydrogen (secondary N) is 1. The van der Waals surface area contributed by atoms with Gasteiger partial charge in [-0.2, -0.15) is 0 Å². The summed E-state index contributed by atoms with van der Waals surface area (Å²) in [4.78, 5) is 24.8. The Labute approximate surface area is 190 Å². The molecule has 0 bridgehead atoms. The van der Waals surface area contributed by atoms with Crippen molar-refractivity contribution in [3.05, 3.63) is 47.3 Å². The third-order valence-electron chi connectivity index (χ3n) is 6.25. The number of methoxy groups -OCH3 is 1. The second kappa shape index (κ2) is 9.06. The molecule has 2 aliphatic rings. The molecule has 7 nitrogen and oxygen atoms in total. The van der Waals surface area contributed by atoms with Gasteiger partial charge in [-0.05, 0) is 38.2 Å². The molecule has 0 spiro atoms. The van der Waals surface area contributed by atoms with Crippen LogP contribution in [0.1, 0.15) is 57.0 Å². The number of fused-ring (bicyclic) bond motifs is 1. The summed E-state index contributed by atoms with van der Waals surface area (Å²) in [7, 11) is 1.63. The highest BCUT2D eigenvalue weighted by Crippen LogP contribution is 2.40. The number of ether oxygens (including phenoxy) is 2. The number of amides is 1. The van der Waals surface area contributed by atoms with Crippen LogP contribution in [-0.2, 0) is 22.4 Å². The van der Waals surface area contributed by atoms with Crippen LogP contribution < -0.4 is 15.0 Å². The van der Waals surface area contributed by atoms with Crippen molar-refractivity contribution in [1.29, 1.82) is 0 Å². The molecule has 2 heterocycles. The van der Waals surface area contributed by atoms with E-state index >= 15 is 0 Å². The predicted octanol–water partition coefficient (Wildman–Crippen LogP) is 3.47. The van der Waals surface area contributed by atoms with Crippen molar-refractivity contribution in [2.75, 3.05) is 25.1 Å². The van der Waals surface area contributed by atoms with Crippen molar-refractivity contribution in [3.63, 3.8) is 0 Å². The lowest BCUT2D eigenvalue weighted by atomic mass is 9.74. The summed E-state index contributed by atoms with van der Waals surface area (Å²) >= 11 is 0. The zero-order valence-electron chi connectivity index (χ0n) is 19.7. The van der Waals surface area contributed by atoms with Crippen LogP contribution in [0.3, 0.4) is 0 Å². The smallest absolute Gasteiger partial charge is 0.225 e. The lowest BCUT2D eigenvalue weighted by Crippen LogP contribution is -2.46. The van der Waals surface area contributed by atoms with Crippen molar-refractivity contribution >= 4 is 11.9 Å². The van der Waals surface area contributed by atoms with Gasteiger partial charge in [-0.15, -0.1) is 0 Å². The van der Waals surface area contributed by atoms with E-state index < -0.39 is 0 Å². The lowest BCUT2D eigenvalue weighted by Gasteiger charge is -2.38. The average molecular weight is 439 g/mol. The van der Waals surface area contributed by atoms with Gasteiger partial charge in [0.25, 0.3) is 0 Å². The molecule has 4 rings (SSSR count). The fourth-order valence-electron chi connectivity index (χ4n) is 4.93. The Morgan fingerprint density at radius 2 is 1.97 bits per heavy atom. The number of benzene rings is 1. The van der Waals surface area contributed by atoms with Gasteiger partial charge in [0, 0.05) is 30.4 Å². The second-order valence-corrected chi connectivity index (χ2v) is 9.89. The minimum Gasteiger partial charge on any atom is -0.496 e. The standard InChI is InChI=1S/C25H34N4O3/c1-16-14-29(15-17(2)32-16)24-26-13-19-20(11-25(3,4)12-21(19)28-24)27-23(30)10-18-8-6-7-9-22(18)31-5/h6-9,13,16-17,20H,10-12,14-15H2,1-5H3,(H,27,30). The van der Waals surface area contributed by atoms with Crippen LogP contribution in [0, 0.1) is 5.41 Å². The van der Waals surface area contributed by atoms with E-state index in [0.717, 1.165) is 54.4 Å². The van der Waals surface area contributed by atoms with E-state index in [2.05, 4.69) is 42.9 Å². The fourth-order valence-corrected chi connectivity index (χ4v) is 4.93. The molecule has 1 amide bonds. The number of anilines is 1. The van der Waals surface area contributed by atoms with Crippen LogP contribution in [0.15, 0.2) is 30.5 Å². The van der Waals surface area contributed by atoms with Crippen LogP contribution in [-0.4, -0.2) is 48.3 Å². The summed E-state index contributed by atoms with van der Waals surface area (Å²) in [5, 5.41) is 3.24. The summed E-state index contributed by atoms with van der Waals surface area (Å²) in [5.74, 6) is 1.46. The number of hydrogen-bond acceptors (Lipinski definition) is 6. The summed E-state index contributed by atoms with van der Waals surface area (Å²) in [5.41, 5.74) is 2.97. The molecule has 1 aromatic heterocycles. The summed E-state index contributed by atoms with van der Waals surface area (Å²) in [6.45, 7) is 10.2. The SMILES string of the molecule is COc1ccccc1CC(=O)NC1CC(C)(C)Cc2nc(N3CC(C)OC(C)C3)ncc21. The normalized spacial score (nSPS) is 24.5. The first-order valence-electron chi connectivity index (χ1n) is 11.4. The van der Waals surface area contributed by atoms with Gasteiger partial charge in [-0.25, -0.2) is 9.97 Å². The maximum Gasteiger partial charge on any atom is 0.225 e. The van der Waals surface area contributed by atoms with Gasteiger partial charge < -0.3 is 19.7 Å². The number of aromatic nitrogens is 2. The van der Waals surface area contributed by atoms with Crippen molar-refractivity contribution in [2.45, 2.75) is 65.2 Å². The molecule has 3 unspecified atom stereocenters.